The molecule has 0 saturated heterocycles. The highest BCUT2D eigenvalue weighted by Gasteiger charge is 2.05. The highest BCUT2D eigenvalue weighted by atomic mass is 35.5. The first-order valence-electron chi connectivity index (χ1n) is 7.37. The van der Waals surface area contributed by atoms with E-state index >= 15 is 0 Å². The molecule has 0 aliphatic carbocycles. The molecular weight excluding hydrogens is 304 g/mol. The van der Waals surface area contributed by atoms with E-state index in [0.29, 0.717) is 5.02 Å². The molecule has 110 valence electrons. The normalized spacial score (nSPS) is 10.8. The zero-order valence-electron chi connectivity index (χ0n) is 12.3. The van der Waals surface area contributed by atoms with Crippen molar-refractivity contribution in [2.45, 2.75) is 0 Å². The van der Waals surface area contributed by atoms with Crippen LogP contribution in [0.3, 0.4) is 0 Å². The van der Waals surface area contributed by atoms with Gasteiger partial charge in [-0.25, -0.2) is 0 Å². The Balaban J connectivity index is 1.73. The fourth-order valence-electron chi connectivity index (χ4n) is 2.64. The predicted octanol–water partition coefficient (Wildman–Crippen LogP) is 5.62. The molecule has 2 aromatic carbocycles. The van der Waals surface area contributed by atoms with Crippen molar-refractivity contribution in [1.29, 1.82) is 0 Å². The molecule has 23 heavy (non-hydrogen) atoms. The van der Waals surface area contributed by atoms with Crippen LogP contribution in [-0.4, -0.2) is 9.97 Å². The summed E-state index contributed by atoms with van der Waals surface area (Å²) in [7, 11) is 0. The SMILES string of the molecule is Clc1ccnc2cc(-c3ccc(-c4ccccc4)cc3)cnc12. The Bertz CT molecular complexity index is 964. The number of halogens is 1. The fourth-order valence-corrected chi connectivity index (χ4v) is 2.84. The van der Waals surface area contributed by atoms with E-state index in [0.717, 1.165) is 22.2 Å². The maximum Gasteiger partial charge on any atom is 0.107 e. The van der Waals surface area contributed by atoms with Crippen LogP contribution < -0.4 is 0 Å². The third-order valence-electron chi connectivity index (χ3n) is 3.85. The van der Waals surface area contributed by atoms with Crippen LogP contribution in [-0.2, 0) is 0 Å². The van der Waals surface area contributed by atoms with Crippen molar-refractivity contribution in [3.63, 3.8) is 0 Å². The molecule has 0 aliphatic heterocycles. The average Bonchev–Trinajstić information content (AvgIpc) is 2.63. The summed E-state index contributed by atoms with van der Waals surface area (Å²) < 4.78 is 0. The van der Waals surface area contributed by atoms with Gasteiger partial charge >= 0.3 is 0 Å². The number of fused-ring (bicyclic) bond motifs is 1. The second kappa shape index (κ2) is 5.82. The Labute approximate surface area is 139 Å². The number of hydrogen-bond acceptors (Lipinski definition) is 2. The summed E-state index contributed by atoms with van der Waals surface area (Å²) in [6, 6.07) is 22.6. The van der Waals surface area contributed by atoms with E-state index in [4.69, 9.17) is 11.6 Å². The van der Waals surface area contributed by atoms with Gasteiger partial charge in [0.25, 0.3) is 0 Å². The van der Waals surface area contributed by atoms with E-state index < -0.39 is 0 Å². The molecule has 0 spiro atoms. The van der Waals surface area contributed by atoms with E-state index in [9.17, 15) is 0 Å². The Hall–Kier alpha value is -2.71. The van der Waals surface area contributed by atoms with Crippen molar-refractivity contribution >= 4 is 22.6 Å². The summed E-state index contributed by atoms with van der Waals surface area (Å²) in [5.74, 6) is 0. The summed E-state index contributed by atoms with van der Waals surface area (Å²) in [5, 5.41) is 0.626. The van der Waals surface area contributed by atoms with Crippen LogP contribution in [0.25, 0.3) is 33.3 Å². The van der Waals surface area contributed by atoms with Crippen molar-refractivity contribution in [2.75, 3.05) is 0 Å². The van der Waals surface area contributed by atoms with Crippen LogP contribution in [0.1, 0.15) is 0 Å². The lowest BCUT2D eigenvalue weighted by atomic mass is 10.0. The molecule has 0 N–H and O–H groups in total. The van der Waals surface area contributed by atoms with E-state index in [-0.39, 0.29) is 0 Å². The molecule has 0 atom stereocenters. The van der Waals surface area contributed by atoms with Crippen molar-refractivity contribution in [1.82, 2.24) is 9.97 Å². The van der Waals surface area contributed by atoms with Gasteiger partial charge < -0.3 is 0 Å². The standard InChI is InChI=1S/C20H13ClN2/c21-18-10-11-22-19-12-17(13-23-20(18)19)16-8-6-15(7-9-16)14-4-2-1-3-5-14/h1-13H. The molecule has 3 heteroatoms. The molecule has 4 rings (SSSR count). The van der Waals surface area contributed by atoms with Gasteiger partial charge in [-0.1, -0.05) is 66.2 Å². The van der Waals surface area contributed by atoms with Gasteiger partial charge in [0, 0.05) is 18.0 Å². The quantitative estimate of drug-likeness (QED) is 0.480. The molecule has 0 amide bonds. The number of benzene rings is 2. The Kier molecular flexibility index (Phi) is 3.52. The Morgan fingerprint density at radius 2 is 1.30 bits per heavy atom. The number of hydrogen-bond donors (Lipinski definition) is 0. The smallest absolute Gasteiger partial charge is 0.107 e. The Morgan fingerprint density at radius 3 is 2.04 bits per heavy atom. The molecule has 2 aromatic heterocycles. The summed E-state index contributed by atoms with van der Waals surface area (Å²) in [6.07, 6.45) is 3.54. The van der Waals surface area contributed by atoms with Gasteiger partial charge in [0.15, 0.2) is 0 Å². The summed E-state index contributed by atoms with van der Waals surface area (Å²) in [5.41, 5.74) is 6.10. The maximum atomic E-state index is 6.14. The van der Waals surface area contributed by atoms with E-state index in [1.54, 1.807) is 12.3 Å². The van der Waals surface area contributed by atoms with Crippen LogP contribution in [0, 0.1) is 0 Å². The molecular formula is C20H13ClN2. The lowest BCUT2D eigenvalue weighted by Gasteiger charge is -2.06. The fraction of sp³-hybridized carbons (Fsp3) is 0. The van der Waals surface area contributed by atoms with Crippen molar-refractivity contribution in [2.24, 2.45) is 0 Å². The summed E-state index contributed by atoms with van der Waals surface area (Å²) in [6.45, 7) is 0. The lowest BCUT2D eigenvalue weighted by molar-refractivity contribution is 1.34. The zero-order chi connectivity index (χ0) is 15.6. The van der Waals surface area contributed by atoms with Gasteiger partial charge in [0.1, 0.15) is 5.52 Å². The minimum absolute atomic E-state index is 0.626. The molecule has 0 saturated carbocycles. The zero-order valence-corrected chi connectivity index (χ0v) is 13.0. The first-order chi connectivity index (χ1) is 11.3. The summed E-state index contributed by atoms with van der Waals surface area (Å²) in [4.78, 5) is 8.79. The van der Waals surface area contributed by atoms with Gasteiger partial charge in [-0.05, 0) is 28.8 Å². The third-order valence-corrected chi connectivity index (χ3v) is 4.16. The minimum atomic E-state index is 0.626. The van der Waals surface area contributed by atoms with E-state index in [2.05, 4.69) is 46.4 Å². The van der Waals surface area contributed by atoms with Crippen LogP contribution in [0.4, 0.5) is 0 Å². The molecule has 0 fully saturated rings. The van der Waals surface area contributed by atoms with E-state index in [1.165, 1.54) is 11.1 Å². The maximum absolute atomic E-state index is 6.14. The van der Waals surface area contributed by atoms with Gasteiger partial charge in [0.2, 0.25) is 0 Å². The van der Waals surface area contributed by atoms with Crippen LogP contribution >= 0.6 is 11.6 Å². The highest BCUT2D eigenvalue weighted by molar-refractivity contribution is 6.34. The van der Waals surface area contributed by atoms with Gasteiger partial charge in [-0.2, -0.15) is 0 Å². The van der Waals surface area contributed by atoms with Crippen LogP contribution in [0.15, 0.2) is 79.1 Å². The first-order valence-corrected chi connectivity index (χ1v) is 7.75. The second-order valence-corrected chi connectivity index (χ2v) is 5.74. The van der Waals surface area contributed by atoms with Crippen molar-refractivity contribution < 1.29 is 0 Å². The third kappa shape index (κ3) is 2.69. The first kappa shape index (κ1) is 13.9. The molecule has 0 bridgehead atoms. The lowest BCUT2D eigenvalue weighted by Crippen LogP contribution is -1.86. The monoisotopic (exact) mass is 316 g/mol. The van der Waals surface area contributed by atoms with Crippen molar-refractivity contribution in [3.8, 4) is 22.3 Å². The Morgan fingerprint density at radius 1 is 0.652 bits per heavy atom. The average molecular weight is 317 g/mol. The number of pyridine rings is 2. The van der Waals surface area contributed by atoms with Gasteiger partial charge in [0.05, 0.1) is 10.5 Å². The second-order valence-electron chi connectivity index (χ2n) is 5.33. The highest BCUT2D eigenvalue weighted by Crippen LogP contribution is 2.27. The molecule has 0 unspecified atom stereocenters. The number of aromatic nitrogens is 2. The predicted molar refractivity (Wildman–Crippen MR) is 95.4 cm³/mol. The largest absolute Gasteiger partial charge is 0.254 e. The molecule has 4 aromatic rings. The molecule has 2 nitrogen and oxygen atoms in total. The number of nitrogens with zero attached hydrogens (tertiary/aromatic N) is 2. The van der Waals surface area contributed by atoms with Crippen molar-refractivity contribution in [3.05, 3.63) is 84.1 Å². The van der Waals surface area contributed by atoms with Crippen LogP contribution in [0.5, 0.6) is 0 Å². The summed E-state index contributed by atoms with van der Waals surface area (Å²) >= 11 is 6.14. The minimum Gasteiger partial charge on any atom is -0.254 e. The van der Waals surface area contributed by atoms with Gasteiger partial charge in [-0.15, -0.1) is 0 Å². The number of rotatable bonds is 2. The molecule has 0 aliphatic rings. The van der Waals surface area contributed by atoms with E-state index in [1.807, 2.05) is 30.5 Å². The topological polar surface area (TPSA) is 25.8 Å². The van der Waals surface area contributed by atoms with Crippen LogP contribution in [0.2, 0.25) is 5.02 Å². The van der Waals surface area contributed by atoms with Gasteiger partial charge in [-0.3, -0.25) is 9.97 Å². The molecule has 2 heterocycles. The molecule has 0 radical (unpaired) electrons.